The zero-order chi connectivity index (χ0) is 22.6. The van der Waals surface area contributed by atoms with E-state index >= 15 is 0 Å². The number of alkyl halides is 3. The number of aromatic nitrogens is 2. The summed E-state index contributed by atoms with van der Waals surface area (Å²) in [4.78, 5) is 14.4. The van der Waals surface area contributed by atoms with Gasteiger partial charge in [-0.1, -0.05) is 0 Å². The molecule has 0 unspecified atom stereocenters. The first kappa shape index (κ1) is 20.4. The number of halogens is 3. The molecule has 1 aliphatic heterocycles. The van der Waals surface area contributed by atoms with Crippen molar-refractivity contribution in [1.29, 1.82) is 5.26 Å². The number of rotatable bonds is 4. The second-order valence-corrected chi connectivity index (χ2v) is 8.40. The fourth-order valence-electron chi connectivity index (χ4n) is 4.23. The fourth-order valence-corrected chi connectivity index (χ4v) is 4.23. The van der Waals surface area contributed by atoms with Crippen LogP contribution in [0, 0.1) is 23.2 Å². The van der Waals surface area contributed by atoms with Crippen LogP contribution in [0.15, 0.2) is 42.6 Å². The summed E-state index contributed by atoms with van der Waals surface area (Å²) in [7, 11) is 1.80. The molecule has 1 aliphatic carbocycles. The van der Waals surface area contributed by atoms with Gasteiger partial charge in [0.25, 0.3) is 0 Å². The molecule has 1 saturated heterocycles. The van der Waals surface area contributed by atoms with Crippen LogP contribution < -0.4 is 4.74 Å². The summed E-state index contributed by atoms with van der Waals surface area (Å²) >= 11 is 0. The van der Waals surface area contributed by atoms with Gasteiger partial charge in [-0.2, -0.15) is 23.5 Å². The van der Waals surface area contributed by atoms with Crippen LogP contribution in [-0.2, 0) is 18.0 Å². The summed E-state index contributed by atoms with van der Waals surface area (Å²) in [6.07, 6.45) is -1.87. The number of hydrogen-bond acceptors (Lipinski definition) is 4. The highest BCUT2D eigenvalue weighted by atomic mass is 19.4. The van der Waals surface area contributed by atoms with Gasteiger partial charge in [-0.05, 0) is 54.3 Å². The van der Waals surface area contributed by atoms with E-state index in [0.29, 0.717) is 31.0 Å². The summed E-state index contributed by atoms with van der Waals surface area (Å²) in [5, 5.41) is 14.3. The van der Waals surface area contributed by atoms with Gasteiger partial charge in [0.2, 0.25) is 5.91 Å². The van der Waals surface area contributed by atoms with E-state index in [9.17, 15) is 18.0 Å². The average Bonchev–Trinajstić information content (AvgIpc) is 3.41. The Kier molecular flexibility index (Phi) is 4.62. The maximum atomic E-state index is 12.8. The number of ether oxygens (including phenoxy) is 1. The van der Waals surface area contributed by atoms with Crippen molar-refractivity contribution in [2.24, 2.45) is 18.9 Å². The van der Waals surface area contributed by atoms with Gasteiger partial charge in [0, 0.05) is 37.6 Å². The number of nitriles is 1. The number of fused-ring (bicyclic) bond motifs is 1. The molecule has 2 fully saturated rings. The maximum absolute atomic E-state index is 12.8. The predicted molar refractivity (Wildman–Crippen MR) is 109 cm³/mol. The molecule has 1 amide bonds. The third-order valence-electron chi connectivity index (χ3n) is 6.03. The molecule has 2 aromatic carbocycles. The number of aryl methyl sites for hydroxylation is 1. The van der Waals surface area contributed by atoms with Gasteiger partial charge < -0.3 is 9.64 Å². The SMILES string of the molecule is Cn1cc2cc(Oc3ccc(C(F)(F)F)cc3)cc([C@@H]3C[C@H]3C(=O)N3CC(C#N)C3)c2n1. The number of amides is 1. The second-order valence-electron chi connectivity index (χ2n) is 8.40. The Morgan fingerprint density at radius 1 is 1.19 bits per heavy atom. The minimum atomic E-state index is -4.41. The lowest BCUT2D eigenvalue weighted by Crippen LogP contribution is -2.50. The van der Waals surface area contributed by atoms with Gasteiger partial charge in [0.05, 0.1) is 23.1 Å². The molecule has 5 rings (SSSR count). The van der Waals surface area contributed by atoms with E-state index < -0.39 is 11.7 Å². The Balaban J connectivity index is 1.39. The molecule has 0 N–H and O–H groups in total. The van der Waals surface area contributed by atoms with E-state index in [1.54, 1.807) is 22.7 Å². The van der Waals surface area contributed by atoms with Crippen LogP contribution in [0.1, 0.15) is 23.5 Å². The summed E-state index contributed by atoms with van der Waals surface area (Å²) < 4.78 is 45.9. The lowest BCUT2D eigenvalue weighted by atomic mass is 10.00. The third kappa shape index (κ3) is 3.66. The number of nitrogens with zero attached hydrogens (tertiary/aromatic N) is 4. The Morgan fingerprint density at radius 2 is 1.91 bits per heavy atom. The van der Waals surface area contributed by atoms with Gasteiger partial charge >= 0.3 is 6.18 Å². The van der Waals surface area contributed by atoms with Crippen molar-refractivity contribution in [3.05, 3.63) is 53.7 Å². The normalized spacial score (nSPS) is 20.7. The molecule has 2 atom stereocenters. The number of carbonyl (C=O) groups excluding carboxylic acids is 1. The largest absolute Gasteiger partial charge is 0.457 e. The molecule has 0 spiro atoms. The van der Waals surface area contributed by atoms with E-state index in [4.69, 9.17) is 10.00 Å². The predicted octanol–water partition coefficient (Wildman–Crippen LogP) is 4.47. The maximum Gasteiger partial charge on any atom is 0.416 e. The van der Waals surface area contributed by atoms with Crippen molar-refractivity contribution < 1.29 is 22.7 Å². The number of carbonyl (C=O) groups is 1. The van der Waals surface area contributed by atoms with E-state index in [0.717, 1.165) is 28.6 Å². The van der Waals surface area contributed by atoms with E-state index in [-0.39, 0.29) is 23.7 Å². The van der Waals surface area contributed by atoms with Crippen molar-refractivity contribution in [1.82, 2.24) is 14.7 Å². The second kappa shape index (κ2) is 7.26. The monoisotopic (exact) mass is 440 g/mol. The molecular weight excluding hydrogens is 421 g/mol. The Labute approximate surface area is 181 Å². The third-order valence-corrected chi connectivity index (χ3v) is 6.03. The molecule has 2 aliphatic rings. The average molecular weight is 440 g/mol. The summed E-state index contributed by atoms with van der Waals surface area (Å²) in [6.45, 7) is 0.962. The van der Waals surface area contributed by atoms with Crippen LogP contribution in [0.2, 0.25) is 0 Å². The molecule has 32 heavy (non-hydrogen) atoms. The highest BCUT2D eigenvalue weighted by Gasteiger charge is 2.49. The summed E-state index contributed by atoms with van der Waals surface area (Å²) in [5.41, 5.74) is 0.934. The van der Waals surface area contributed by atoms with Crippen molar-refractivity contribution in [2.45, 2.75) is 18.5 Å². The molecular formula is C23H19F3N4O2. The Morgan fingerprint density at radius 3 is 2.56 bits per heavy atom. The van der Waals surface area contributed by atoms with Crippen molar-refractivity contribution in [2.75, 3.05) is 13.1 Å². The molecule has 0 radical (unpaired) electrons. The molecule has 9 heteroatoms. The van der Waals surface area contributed by atoms with Crippen molar-refractivity contribution in [3.63, 3.8) is 0 Å². The first-order chi connectivity index (χ1) is 15.2. The van der Waals surface area contributed by atoms with E-state index in [1.165, 1.54) is 12.1 Å². The molecule has 0 bridgehead atoms. The van der Waals surface area contributed by atoms with E-state index in [2.05, 4.69) is 11.2 Å². The van der Waals surface area contributed by atoms with Crippen LogP contribution in [0.3, 0.4) is 0 Å². The van der Waals surface area contributed by atoms with Gasteiger partial charge in [0.1, 0.15) is 11.5 Å². The molecule has 2 heterocycles. The molecule has 3 aromatic rings. The standard InChI is InChI=1S/C23H19F3N4O2/c1-29-12-14-6-17(32-16-4-2-15(3-5-16)23(24,25)26)7-19(21(14)28-29)18-8-20(18)22(31)30-10-13(9-27)11-30/h2-7,12-13,18,20H,8,10-11H2,1H3/t18-,20+/m0/s1. The van der Waals surface area contributed by atoms with Crippen LogP contribution in [-0.4, -0.2) is 33.7 Å². The number of benzene rings is 2. The number of hydrogen-bond donors (Lipinski definition) is 0. The Hall–Kier alpha value is -3.54. The fraction of sp³-hybridized carbons (Fsp3) is 0.348. The zero-order valence-electron chi connectivity index (χ0n) is 17.1. The van der Waals surface area contributed by atoms with Crippen LogP contribution in [0.5, 0.6) is 11.5 Å². The van der Waals surface area contributed by atoms with Crippen LogP contribution in [0.4, 0.5) is 13.2 Å². The summed E-state index contributed by atoms with van der Waals surface area (Å²) in [6, 6.07) is 10.3. The van der Waals surface area contributed by atoms with Crippen molar-refractivity contribution in [3.8, 4) is 17.6 Å². The minimum Gasteiger partial charge on any atom is -0.457 e. The first-order valence-corrected chi connectivity index (χ1v) is 10.2. The zero-order valence-corrected chi connectivity index (χ0v) is 17.1. The van der Waals surface area contributed by atoms with Gasteiger partial charge in [-0.25, -0.2) is 0 Å². The molecule has 164 valence electrons. The smallest absolute Gasteiger partial charge is 0.416 e. The van der Waals surface area contributed by atoms with Crippen molar-refractivity contribution >= 4 is 16.8 Å². The summed E-state index contributed by atoms with van der Waals surface area (Å²) in [5.74, 6) is 0.586. The van der Waals surface area contributed by atoms with Gasteiger partial charge in [0.15, 0.2) is 0 Å². The lowest BCUT2D eigenvalue weighted by molar-refractivity contribution is -0.138. The lowest BCUT2D eigenvalue weighted by Gasteiger charge is -2.35. The van der Waals surface area contributed by atoms with Gasteiger partial charge in [-0.3, -0.25) is 9.48 Å². The van der Waals surface area contributed by atoms with Crippen LogP contribution >= 0.6 is 0 Å². The minimum absolute atomic E-state index is 0.00260. The first-order valence-electron chi connectivity index (χ1n) is 10.2. The quantitative estimate of drug-likeness (QED) is 0.600. The number of likely N-dealkylation sites (tertiary alicyclic amines) is 1. The molecule has 1 saturated carbocycles. The topological polar surface area (TPSA) is 71.2 Å². The van der Waals surface area contributed by atoms with E-state index in [1.807, 2.05) is 12.3 Å². The van der Waals surface area contributed by atoms with Crippen LogP contribution in [0.25, 0.3) is 10.9 Å². The highest BCUT2D eigenvalue weighted by molar-refractivity contribution is 5.88. The molecule has 1 aromatic heterocycles. The highest BCUT2D eigenvalue weighted by Crippen LogP contribution is 2.51. The van der Waals surface area contributed by atoms with Gasteiger partial charge in [-0.15, -0.1) is 0 Å². The molecule has 6 nitrogen and oxygen atoms in total. The Bertz CT molecular complexity index is 1240.